The van der Waals surface area contributed by atoms with E-state index in [0.29, 0.717) is 6.54 Å². The minimum Gasteiger partial charge on any atom is -0.388 e. The monoisotopic (exact) mass is 208 g/mol. The molecular weight excluding hydrogens is 192 g/mol. The molecule has 0 radical (unpaired) electrons. The maximum Gasteiger partial charge on any atom is 0.277 e. The van der Waals surface area contributed by atoms with Gasteiger partial charge < -0.3 is 5.73 Å². The highest BCUT2D eigenvalue weighted by atomic mass is 32.2. The molecule has 0 fully saturated rings. The quantitative estimate of drug-likeness (QED) is 0.337. The maximum atomic E-state index is 11.1. The fraction of sp³-hybridized carbons (Fsp3) is 0.833. The number of hydrogen-bond donors (Lipinski definition) is 4. The number of nitrogens with one attached hydrogen (secondary N) is 3. The summed E-state index contributed by atoms with van der Waals surface area (Å²) in [5.41, 5.74) is 5.11. The summed E-state index contributed by atoms with van der Waals surface area (Å²) in [5.74, 6) is -0.0355. The maximum absolute atomic E-state index is 11.1. The SMILES string of the molecule is CCNS(=O)(=O)NC(C)CC(=N)N. The van der Waals surface area contributed by atoms with E-state index in [2.05, 4.69) is 9.44 Å². The molecule has 0 saturated carbocycles. The molecule has 0 aromatic carbocycles. The Morgan fingerprint density at radius 2 is 2.15 bits per heavy atom. The van der Waals surface area contributed by atoms with Crippen LogP contribution in [0.2, 0.25) is 0 Å². The van der Waals surface area contributed by atoms with E-state index in [1.807, 2.05) is 0 Å². The van der Waals surface area contributed by atoms with Crippen molar-refractivity contribution in [3.63, 3.8) is 0 Å². The summed E-state index contributed by atoms with van der Waals surface area (Å²) >= 11 is 0. The van der Waals surface area contributed by atoms with E-state index in [4.69, 9.17) is 11.1 Å². The van der Waals surface area contributed by atoms with Gasteiger partial charge in [-0.3, -0.25) is 5.41 Å². The normalized spacial score (nSPS) is 14.0. The van der Waals surface area contributed by atoms with Gasteiger partial charge in [0.25, 0.3) is 10.2 Å². The molecule has 7 heteroatoms. The Hall–Kier alpha value is -0.660. The lowest BCUT2D eigenvalue weighted by atomic mass is 10.2. The van der Waals surface area contributed by atoms with Crippen LogP contribution >= 0.6 is 0 Å². The van der Waals surface area contributed by atoms with Gasteiger partial charge in [0.15, 0.2) is 0 Å². The van der Waals surface area contributed by atoms with Crippen LogP contribution in [0.25, 0.3) is 0 Å². The molecule has 1 atom stereocenters. The first-order chi connectivity index (χ1) is 5.87. The Balaban J connectivity index is 4.04. The summed E-state index contributed by atoms with van der Waals surface area (Å²) < 4.78 is 26.8. The van der Waals surface area contributed by atoms with Crippen molar-refractivity contribution >= 4 is 16.0 Å². The Morgan fingerprint density at radius 1 is 1.62 bits per heavy atom. The summed E-state index contributed by atoms with van der Waals surface area (Å²) in [6, 6.07) is -0.360. The third-order valence-electron chi connectivity index (χ3n) is 1.22. The van der Waals surface area contributed by atoms with Gasteiger partial charge in [0.1, 0.15) is 0 Å². The number of amidine groups is 1. The average Bonchev–Trinajstić information content (AvgIpc) is 1.81. The van der Waals surface area contributed by atoms with E-state index in [9.17, 15) is 8.42 Å². The van der Waals surface area contributed by atoms with Crippen molar-refractivity contribution in [2.24, 2.45) is 5.73 Å². The van der Waals surface area contributed by atoms with Crippen LogP contribution in [0.15, 0.2) is 0 Å². The van der Waals surface area contributed by atoms with Crippen LogP contribution in [0.3, 0.4) is 0 Å². The molecular formula is C6H16N4O2S. The van der Waals surface area contributed by atoms with Crippen molar-refractivity contribution in [2.45, 2.75) is 26.3 Å². The number of nitrogens with two attached hydrogens (primary N) is 1. The fourth-order valence-corrected chi connectivity index (χ4v) is 1.94. The van der Waals surface area contributed by atoms with Crippen LogP contribution in [0.5, 0.6) is 0 Å². The van der Waals surface area contributed by atoms with Crippen LogP contribution in [0, 0.1) is 5.41 Å². The highest BCUT2D eigenvalue weighted by Crippen LogP contribution is 1.91. The first-order valence-corrected chi connectivity index (χ1v) is 5.45. The Morgan fingerprint density at radius 3 is 2.54 bits per heavy atom. The highest BCUT2D eigenvalue weighted by molar-refractivity contribution is 7.87. The minimum atomic E-state index is -3.43. The zero-order valence-corrected chi connectivity index (χ0v) is 8.61. The fourth-order valence-electron chi connectivity index (χ4n) is 0.868. The minimum absolute atomic E-state index is 0.0355. The molecule has 0 rings (SSSR count). The van der Waals surface area contributed by atoms with Gasteiger partial charge in [-0.2, -0.15) is 13.1 Å². The first-order valence-electron chi connectivity index (χ1n) is 3.97. The van der Waals surface area contributed by atoms with Crippen LogP contribution in [0.1, 0.15) is 20.3 Å². The summed E-state index contributed by atoms with van der Waals surface area (Å²) in [6.45, 7) is 3.67. The van der Waals surface area contributed by atoms with E-state index < -0.39 is 10.2 Å². The molecule has 0 bridgehead atoms. The van der Waals surface area contributed by atoms with Crippen molar-refractivity contribution in [3.05, 3.63) is 0 Å². The van der Waals surface area contributed by atoms with Crippen LogP contribution in [-0.2, 0) is 10.2 Å². The van der Waals surface area contributed by atoms with Crippen molar-refractivity contribution in [1.29, 1.82) is 5.41 Å². The van der Waals surface area contributed by atoms with Gasteiger partial charge in [0.05, 0.1) is 5.84 Å². The van der Waals surface area contributed by atoms with Crippen LogP contribution in [-0.4, -0.2) is 26.8 Å². The standard InChI is InChI=1S/C6H16N4O2S/c1-3-9-13(11,12)10-5(2)4-6(7)8/h5,9-10H,3-4H2,1-2H3,(H3,7,8). The van der Waals surface area contributed by atoms with Gasteiger partial charge >= 0.3 is 0 Å². The third kappa shape index (κ3) is 6.50. The molecule has 0 amide bonds. The van der Waals surface area contributed by atoms with Gasteiger partial charge in [0.2, 0.25) is 0 Å². The lowest BCUT2D eigenvalue weighted by Gasteiger charge is -2.12. The molecule has 0 aromatic rings. The van der Waals surface area contributed by atoms with Crippen molar-refractivity contribution in [1.82, 2.24) is 9.44 Å². The van der Waals surface area contributed by atoms with Crippen molar-refractivity contribution < 1.29 is 8.42 Å². The summed E-state index contributed by atoms with van der Waals surface area (Å²) in [5, 5.41) is 6.96. The van der Waals surface area contributed by atoms with Crippen molar-refractivity contribution in [2.75, 3.05) is 6.54 Å². The molecule has 1 unspecified atom stereocenters. The molecule has 6 nitrogen and oxygen atoms in total. The topological polar surface area (TPSA) is 108 Å². The predicted octanol–water partition coefficient (Wildman–Crippen LogP) is -0.855. The lowest BCUT2D eigenvalue weighted by molar-refractivity contribution is 0.552. The van der Waals surface area contributed by atoms with E-state index in [1.165, 1.54) is 0 Å². The van der Waals surface area contributed by atoms with E-state index >= 15 is 0 Å². The van der Waals surface area contributed by atoms with Gasteiger partial charge in [-0.05, 0) is 6.92 Å². The van der Waals surface area contributed by atoms with Gasteiger partial charge in [0, 0.05) is 19.0 Å². The predicted molar refractivity (Wildman–Crippen MR) is 51.7 cm³/mol. The second kappa shape index (κ2) is 5.15. The van der Waals surface area contributed by atoms with E-state index in [0.717, 1.165) is 0 Å². The number of hydrogen-bond acceptors (Lipinski definition) is 3. The van der Waals surface area contributed by atoms with Gasteiger partial charge in [-0.25, -0.2) is 4.72 Å². The molecule has 0 saturated heterocycles. The molecule has 5 N–H and O–H groups in total. The second-order valence-electron chi connectivity index (χ2n) is 2.75. The molecule has 0 aliphatic rings. The molecule has 0 aliphatic carbocycles. The Labute approximate surface area is 78.6 Å². The van der Waals surface area contributed by atoms with Gasteiger partial charge in [-0.15, -0.1) is 0 Å². The molecule has 13 heavy (non-hydrogen) atoms. The third-order valence-corrected chi connectivity index (χ3v) is 2.60. The highest BCUT2D eigenvalue weighted by Gasteiger charge is 2.12. The smallest absolute Gasteiger partial charge is 0.277 e. The number of rotatable bonds is 6. The Kier molecular flexibility index (Phi) is 4.89. The second-order valence-corrected chi connectivity index (χ2v) is 4.28. The Bertz CT molecular complexity index is 262. The van der Waals surface area contributed by atoms with Crippen LogP contribution in [0.4, 0.5) is 0 Å². The van der Waals surface area contributed by atoms with Crippen molar-refractivity contribution in [3.8, 4) is 0 Å². The molecule has 0 aromatic heterocycles. The average molecular weight is 208 g/mol. The van der Waals surface area contributed by atoms with Gasteiger partial charge in [-0.1, -0.05) is 6.92 Å². The largest absolute Gasteiger partial charge is 0.388 e. The zero-order chi connectivity index (χ0) is 10.5. The lowest BCUT2D eigenvalue weighted by Crippen LogP contribution is -2.42. The van der Waals surface area contributed by atoms with E-state index in [-0.39, 0.29) is 18.3 Å². The molecule has 0 aliphatic heterocycles. The summed E-state index contributed by atoms with van der Waals surface area (Å²) in [4.78, 5) is 0. The molecule has 0 heterocycles. The zero-order valence-electron chi connectivity index (χ0n) is 7.79. The van der Waals surface area contributed by atoms with E-state index in [1.54, 1.807) is 13.8 Å². The first kappa shape index (κ1) is 12.3. The molecule has 78 valence electrons. The summed E-state index contributed by atoms with van der Waals surface area (Å²) in [6.07, 6.45) is 0.213. The molecule has 0 spiro atoms. The van der Waals surface area contributed by atoms with Crippen LogP contribution < -0.4 is 15.2 Å². The summed E-state index contributed by atoms with van der Waals surface area (Å²) in [7, 11) is -3.43.